The molecule has 4 fully saturated rings. The molecule has 380 valence electrons. The number of nitrogens with one attached hydrogen (secondary N) is 4. The highest BCUT2D eigenvalue weighted by molar-refractivity contribution is 5.89. The molecule has 2 aliphatic heterocycles. The van der Waals surface area contributed by atoms with E-state index >= 15 is 0 Å². The van der Waals surface area contributed by atoms with Gasteiger partial charge in [-0.1, -0.05) is 68.2 Å². The molecule has 11 heteroatoms. The van der Waals surface area contributed by atoms with Gasteiger partial charge < -0.3 is 46.7 Å². The first-order chi connectivity index (χ1) is 35.0. The minimum absolute atomic E-state index is 0.0116. The van der Waals surface area contributed by atoms with Gasteiger partial charge in [-0.3, -0.25) is 9.59 Å². The number of piperidine rings is 1. The van der Waals surface area contributed by atoms with Gasteiger partial charge >= 0.3 is 0 Å². The predicted octanol–water partition coefficient (Wildman–Crippen LogP) is 8.37. The highest BCUT2D eigenvalue weighted by atomic mass is 16.5. The van der Waals surface area contributed by atoms with Crippen molar-refractivity contribution in [3.63, 3.8) is 0 Å². The van der Waals surface area contributed by atoms with Crippen LogP contribution in [0.25, 0.3) is 10.8 Å². The third kappa shape index (κ3) is 8.78. The summed E-state index contributed by atoms with van der Waals surface area (Å²) in [5.74, 6) is 10.8. The number of aromatic hydroxyl groups is 1. The molecule has 0 amide bonds. The number of carbonyl (C=O) groups is 2. The average Bonchev–Trinajstić information content (AvgIpc) is 3.90. The molecule has 9 N–H and O–H groups in total. The number of allylic oxidation sites excluding steroid dienone is 2. The van der Waals surface area contributed by atoms with E-state index in [1.165, 1.54) is 23.9 Å². The second-order valence-electron chi connectivity index (χ2n) is 22.7. The van der Waals surface area contributed by atoms with E-state index in [0.717, 1.165) is 71.9 Å². The largest absolute Gasteiger partial charge is 0.504 e. The Kier molecular flexibility index (Phi) is 13.7. The number of ether oxygens (including phenoxy) is 1. The number of hydrogen-bond donors (Lipinski definition) is 8. The number of Topliss-reactive ketones (excluding diaryl/α,β-unsaturated/α-hetero) is 2. The van der Waals surface area contributed by atoms with E-state index in [-0.39, 0.29) is 41.7 Å². The van der Waals surface area contributed by atoms with Crippen LogP contribution >= 0.6 is 0 Å². The second-order valence-corrected chi connectivity index (χ2v) is 22.7. The Bertz CT molecular complexity index is 2840. The van der Waals surface area contributed by atoms with Crippen LogP contribution in [0.2, 0.25) is 0 Å². The number of phenolic OH excluding ortho intramolecular Hbond substituents is 1. The third-order valence-electron chi connectivity index (χ3n) is 19.1. The minimum atomic E-state index is -1.22. The molecule has 3 aromatic carbocycles. The molecule has 4 aromatic rings. The fourth-order valence-electron chi connectivity index (χ4n) is 15.7. The van der Waals surface area contributed by atoms with Gasteiger partial charge in [0.1, 0.15) is 11.2 Å². The van der Waals surface area contributed by atoms with E-state index in [1.54, 1.807) is 6.07 Å². The zero-order valence-electron chi connectivity index (χ0n) is 42.4. The van der Waals surface area contributed by atoms with Gasteiger partial charge in [0.15, 0.2) is 17.3 Å². The molecule has 72 heavy (non-hydrogen) atoms. The lowest BCUT2D eigenvalue weighted by Gasteiger charge is -2.61. The van der Waals surface area contributed by atoms with Crippen molar-refractivity contribution >= 4 is 22.3 Å². The summed E-state index contributed by atoms with van der Waals surface area (Å²) in [7, 11) is 1.53. The molecule has 14 unspecified atom stereocenters. The SMILES string of the molecule is CCNCC1C(C2CCC3(C#CC(CCC(O)CC(C4=C(CC)CNC(N)=C4)c4ccc5ccccc5c4)c4cc(O)c(OC)cc4CCC3=O)C(O)C2)CC2CNC3CC(=O)CC4c5cc[nH]c5C1C2C34. The number of hydrogen-bond acceptors (Lipinski definition) is 10. The lowest BCUT2D eigenvalue weighted by atomic mass is 9.46. The molecule has 1 spiro atoms. The first-order valence-electron chi connectivity index (χ1n) is 27.3. The van der Waals surface area contributed by atoms with Gasteiger partial charge in [0.05, 0.1) is 25.1 Å². The van der Waals surface area contributed by atoms with E-state index < -0.39 is 23.5 Å². The van der Waals surface area contributed by atoms with E-state index in [2.05, 4.69) is 95.3 Å². The van der Waals surface area contributed by atoms with Gasteiger partial charge in [-0.05, 0) is 187 Å². The average molecular weight is 974 g/mol. The van der Waals surface area contributed by atoms with Crippen LogP contribution in [0.4, 0.5) is 0 Å². The molecule has 1 aromatic heterocycles. The molecular weight excluding hydrogens is 899 g/mol. The van der Waals surface area contributed by atoms with Crippen molar-refractivity contribution in [1.82, 2.24) is 20.9 Å². The lowest BCUT2D eigenvalue weighted by molar-refractivity contribution is -0.137. The van der Waals surface area contributed by atoms with Crippen molar-refractivity contribution in [2.45, 2.75) is 133 Å². The summed E-state index contributed by atoms with van der Waals surface area (Å²) in [6.45, 7) is 7.69. The summed E-state index contributed by atoms with van der Waals surface area (Å²) in [5, 5.41) is 49.4. The summed E-state index contributed by atoms with van der Waals surface area (Å²) in [6, 6.07) is 21.0. The third-order valence-corrected chi connectivity index (χ3v) is 19.1. The minimum Gasteiger partial charge on any atom is -0.504 e. The fraction of sp³-hybridized carbons (Fsp3) is 0.541. The van der Waals surface area contributed by atoms with Gasteiger partial charge in [0.2, 0.25) is 0 Å². The Labute approximate surface area is 425 Å². The molecule has 3 heterocycles. The van der Waals surface area contributed by atoms with Gasteiger partial charge in [-0.15, -0.1) is 0 Å². The monoisotopic (exact) mass is 974 g/mol. The standard InChI is InChI=1S/C61H75N5O6/c1-4-34-31-66-56(62)30-48(34)47(38-11-10-35-8-6-7-9-37(35)22-38)26-42(67)14-12-36-16-19-61(54(70)15-13-39-24-53(72-3)52(69)29-45(36)39)20-17-40(25-55(61)71)46-23-41-32-65-51-28-43(68)27-49-44-18-21-64-60(44)59(57(41)58(49)51)50(46)33-63-5-2/h6-11,18,21-22,24,29-30,36,40-42,46-47,49-51,55,57-59,63-67,69,71H,4-5,12-15,17,20,23,25-28,31-33,62H2,1-3H3. The second kappa shape index (κ2) is 20.1. The van der Waals surface area contributed by atoms with Crippen LogP contribution in [-0.4, -0.2) is 83.4 Å². The van der Waals surface area contributed by atoms with Gasteiger partial charge in [0.25, 0.3) is 0 Å². The maximum atomic E-state index is 14.9. The Balaban J connectivity index is 0.881. The molecule has 14 atom stereocenters. The summed E-state index contributed by atoms with van der Waals surface area (Å²) in [5.41, 5.74) is 13.1. The topological polar surface area (TPSA) is 182 Å². The highest BCUT2D eigenvalue weighted by Crippen LogP contribution is 2.63. The Morgan fingerprint density at radius 3 is 2.64 bits per heavy atom. The molecule has 0 bridgehead atoms. The van der Waals surface area contributed by atoms with Crippen LogP contribution in [0.5, 0.6) is 11.5 Å². The normalized spacial score (nSPS) is 32.7. The fourth-order valence-corrected chi connectivity index (χ4v) is 15.7. The van der Waals surface area contributed by atoms with Crippen LogP contribution < -0.4 is 26.4 Å². The number of aromatic nitrogens is 1. The maximum absolute atomic E-state index is 14.9. The number of methoxy groups -OCH3 is 1. The number of rotatable bonds is 13. The summed E-state index contributed by atoms with van der Waals surface area (Å²) in [6.07, 6.45) is 9.52. The number of aryl methyl sites for hydroxylation is 1. The molecule has 11 nitrogen and oxygen atoms in total. The Morgan fingerprint density at radius 1 is 0.986 bits per heavy atom. The lowest BCUT2D eigenvalue weighted by Crippen LogP contribution is -2.63. The van der Waals surface area contributed by atoms with Crippen LogP contribution in [0.3, 0.4) is 0 Å². The number of phenols is 1. The number of benzene rings is 3. The smallest absolute Gasteiger partial charge is 0.160 e. The number of H-pyrrole nitrogens is 1. The van der Waals surface area contributed by atoms with Crippen molar-refractivity contribution in [2.75, 3.05) is 33.3 Å². The first kappa shape index (κ1) is 48.9. The van der Waals surface area contributed by atoms with E-state index in [1.807, 2.05) is 18.2 Å². The number of carbonyl (C=O) groups excluding carboxylic acids is 2. The predicted molar refractivity (Wildman–Crippen MR) is 281 cm³/mol. The van der Waals surface area contributed by atoms with Gasteiger partial charge in [-0.25, -0.2) is 0 Å². The summed E-state index contributed by atoms with van der Waals surface area (Å²) < 4.78 is 5.60. The Morgan fingerprint density at radius 2 is 1.83 bits per heavy atom. The number of ketones is 2. The quantitative estimate of drug-likeness (QED) is 0.0607. The summed E-state index contributed by atoms with van der Waals surface area (Å²) in [4.78, 5) is 31.7. The zero-order valence-corrected chi connectivity index (χ0v) is 42.4. The van der Waals surface area contributed by atoms with Gasteiger partial charge in [-0.2, -0.15) is 0 Å². The van der Waals surface area contributed by atoms with Crippen LogP contribution in [0.1, 0.15) is 136 Å². The maximum Gasteiger partial charge on any atom is 0.160 e. The van der Waals surface area contributed by atoms with Crippen molar-refractivity contribution < 1.29 is 29.6 Å². The Hall–Kier alpha value is -5.38. The van der Waals surface area contributed by atoms with Crippen molar-refractivity contribution in [3.8, 4) is 23.3 Å². The van der Waals surface area contributed by atoms with Crippen LogP contribution in [0, 0.1) is 52.8 Å². The first-order valence-corrected chi connectivity index (χ1v) is 27.3. The number of aromatic amines is 1. The molecule has 1 saturated heterocycles. The number of nitrogens with two attached hydrogens (primary N) is 1. The van der Waals surface area contributed by atoms with E-state index in [0.29, 0.717) is 111 Å². The highest BCUT2D eigenvalue weighted by Gasteiger charge is 2.60. The molecule has 0 radical (unpaired) electrons. The van der Waals surface area contributed by atoms with Crippen LogP contribution in [0.15, 0.2) is 89.9 Å². The van der Waals surface area contributed by atoms with Crippen LogP contribution in [-0.2, 0) is 16.0 Å². The number of fused-ring (bicyclic) bond motifs is 5. The molecule has 5 aliphatic carbocycles. The molecule has 3 saturated carbocycles. The summed E-state index contributed by atoms with van der Waals surface area (Å²) >= 11 is 0. The molecule has 11 rings (SSSR count). The van der Waals surface area contributed by atoms with Crippen molar-refractivity contribution in [3.05, 3.63) is 118 Å². The number of aliphatic hydroxyl groups is 2. The van der Waals surface area contributed by atoms with Gasteiger partial charge in [0, 0.05) is 61.5 Å². The molecule has 7 aliphatic rings. The zero-order chi connectivity index (χ0) is 49.8. The van der Waals surface area contributed by atoms with E-state index in [9.17, 15) is 24.9 Å². The van der Waals surface area contributed by atoms with Crippen molar-refractivity contribution in [2.24, 2.45) is 46.7 Å². The van der Waals surface area contributed by atoms with Crippen molar-refractivity contribution in [1.29, 1.82) is 0 Å². The number of dihydropyridines is 1. The van der Waals surface area contributed by atoms with E-state index in [4.69, 9.17) is 10.5 Å². The number of aliphatic hydroxyl groups excluding tert-OH is 2. The molecular formula is C61H75N5O6.